The maximum absolute atomic E-state index is 8.74. The summed E-state index contributed by atoms with van der Waals surface area (Å²) in [4.78, 5) is 0. The van der Waals surface area contributed by atoms with E-state index in [-0.39, 0.29) is 0 Å². The predicted molar refractivity (Wildman–Crippen MR) is 294 cm³/mol. The average Bonchev–Trinajstić information content (AvgIpc) is 3.30. The normalized spacial score (nSPS) is 11.7. The van der Waals surface area contributed by atoms with Crippen LogP contribution in [0.1, 0.15) is 326 Å². The summed E-state index contributed by atoms with van der Waals surface area (Å²) in [5.74, 6) is 0. The van der Waals surface area contributed by atoms with Gasteiger partial charge in [-0.2, -0.15) is 8.42 Å². The number of aryl methyl sites for hydroxylation is 2. The molecule has 386 valence electrons. The molecule has 0 saturated heterocycles. The first kappa shape index (κ1) is 62.6. The number of benzene rings is 2. The molecule has 2 rings (SSSR count). The summed E-state index contributed by atoms with van der Waals surface area (Å²) < 4.78 is 31.6. The van der Waals surface area contributed by atoms with Gasteiger partial charge < -0.3 is 0 Å². The molecule has 0 saturated carbocycles. The molecule has 0 bridgehead atoms. The third-order valence-corrected chi connectivity index (χ3v) is 14.5. The standard InChI is InChI=1S/C61H110.H2O4S/c1-4-7-10-13-16-19-22-25-28-31-34-37-40-43-46-51-57-56-58-52-49-50-54-60(58)61(55-48-45-42-39-36-33-30-27-24-21-18-15-12-9-6-3)59(57)53-47-44-41-38-35-32-29-26-23-20-17-14-11-8-5-2;1-5(2,3)4/h49-50,52,54,56H,4-48,51,53,55H2,1-3H3;(H2,1,2,3,4). The van der Waals surface area contributed by atoms with E-state index in [0.29, 0.717) is 0 Å². The van der Waals surface area contributed by atoms with Gasteiger partial charge in [0.05, 0.1) is 0 Å². The highest BCUT2D eigenvalue weighted by atomic mass is 32.3. The lowest BCUT2D eigenvalue weighted by molar-refractivity contribution is 0.381. The van der Waals surface area contributed by atoms with Gasteiger partial charge in [-0.05, 0) is 66.0 Å². The molecule has 0 aliphatic carbocycles. The second kappa shape index (κ2) is 47.3. The monoisotopic (exact) mass is 941 g/mol. The van der Waals surface area contributed by atoms with Crippen LogP contribution in [0.2, 0.25) is 0 Å². The third kappa shape index (κ3) is 40.5. The Bertz CT molecular complexity index is 1410. The third-order valence-electron chi connectivity index (χ3n) is 14.5. The highest BCUT2D eigenvalue weighted by Gasteiger charge is 2.14. The molecule has 66 heavy (non-hydrogen) atoms. The number of rotatable bonds is 48. The van der Waals surface area contributed by atoms with Crippen molar-refractivity contribution in [3.8, 4) is 0 Å². The van der Waals surface area contributed by atoms with Crippen LogP contribution in [0.4, 0.5) is 0 Å². The summed E-state index contributed by atoms with van der Waals surface area (Å²) in [7, 11) is -4.67. The molecule has 5 heteroatoms. The summed E-state index contributed by atoms with van der Waals surface area (Å²) in [6.45, 7) is 6.96. The summed E-state index contributed by atoms with van der Waals surface area (Å²) in [6, 6.07) is 12.1. The van der Waals surface area contributed by atoms with Gasteiger partial charge >= 0.3 is 10.4 Å². The molecule has 4 nitrogen and oxygen atoms in total. The first-order valence-corrected chi connectivity index (χ1v) is 30.9. The average molecular weight is 942 g/mol. The number of hydrogen-bond acceptors (Lipinski definition) is 2. The quantitative estimate of drug-likeness (QED) is 0.0512. The Hall–Kier alpha value is -1.43. The Morgan fingerprint density at radius 1 is 0.318 bits per heavy atom. The van der Waals surface area contributed by atoms with E-state index in [2.05, 4.69) is 51.1 Å². The van der Waals surface area contributed by atoms with Crippen molar-refractivity contribution in [1.29, 1.82) is 0 Å². The Labute approximate surface area is 412 Å². The van der Waals surface area contributed by atoms with Crippen LogP contribution in [0.3, 0.4) is 0 Å². The summed E-state index contributed by atoms with van der Waals surface area (Å²) in [5.41, 5.74) is 5.24. The minimum atomic E-state index is -4.67. The largest absolute Gasteiger partial charge is 0.394 e. The molecule has 0 aliphatic rings. The summed E-state index contributed by atoms with van der Waals surface area (Å²) in [6.07, 6.45) is 68.9. The molecule has 0 fully saturated rings. The fourth-order valence-corrected chi connectivity index (χ4v) is 10.4. The van der Waals surface area contributed by atoms with Gasteiger partial charge in [-0.3, -0.25) is 9.11 Å². The van der Waals surface area contributed by atoms with Gasteiger partial charge in [0.25, 0.3) is 0 Å². The van der Waals surface area contributed by atoms with E-state index in [1.807, 2.05) is 0 Å². The molecule has 2 aromatic rings. The lowest BCUT2D eigenvalue weighted by Gasteiger charge is -2.19. The van der Waals surface area contributed by atoms with Gasteiger partial charge in [0.1, 0.15) is 0 Å². The minimum absolute atomic E-state index is 1.29. The van der Waals surface area contributed by atoms with Gasteiger partial charge in [-0.25, -0.2) is 0 Å². The van der Waals surface area contributed by atoms with E-state index in [9.17, 15) is 0 Å². The lowest BCUT2D eigenvalue weighted by Crippen LogP contribution is -2.04. The molecular formula is C61H112O4S. The minimum Gasteiger partial charge on any atom is -0.264 e. The Kier molecular flexibility index (Phi) is 44.8. The van der Waals surface area contributed by atoms with Crippen molar-refractivity contribution in [1.82, 2.24) is 0 Å². The van der Waals surface area contributed by atoms with Crippen LogP contribution in [0.25, 0.3) is 10.8 Å². The van der Waals surface area contributed by atoms with Crippen LogP contribution < -0.4 is 0 Å². The highest BCUT2D eigenvalue weighted by Crippen LogP contribution is 2.31. The zero-order valence-corrected chi connectivity index (χ0v) is 45.3. The van der Waals surface area contributed by atoms with E-state index >= 15 is 0 Å². The fraction of sp³-hybridized carbons (Fsp3) is 0.836. The first-order chi connectivity index (χ1) is 32.3. The zero-order chi connectivity index (χ0) is 47.9. The van der Waals surface area contributed by atoms with Gasteiger partial charge in [0, 0.05) is 0 Å². The van der Waals surface area contributed by atoms with E-state index in [0.717, 1.165) is 0 Å². The topological polar surface area (TPSA) is 74.6 Å². The van der Waals surface area contributed by atoms with E-state index in [1.54, 1.807) is 22.1 Å². The van der Waals surface area contributed by atoms with Crippen molar-refractivity contribution in [2.75, 3.05) is 0 Å². The van der Waals surface area contributed by atoms with Crippen molar-refractivity contribution < 1.29 is 17.5 Å². The Morgan fingerprint density at radius 2 is 0.545 bits per heavy atom. The van der Waals surface area contributed by atoms with Crippen LogP contribution in [0.15, 0.2) is 30.3 Å². The van der Waals surface area contributed by atoms with Crippen molar-refractivity contribution in [3.63, 3.8) is 0 Å². The van der Waals surface area contributed by atoms with Crippen LogP contribution in [-0.2, 0) is 29.7 Å². The molecule has 0 amide bonds. The second-order valence-corrected chi connectivity index (χ2v) is 21.7. The molecule has 0 atom stereocenters. The van der Waals surface area contributed by atoms with E-state index in [1.165, 1.54) is 314 Å². The lowest BCUT2D eigenvalue weighted by atomic mass is 9.86. The molecule has 0 radical (unpaired) electrons. The molecule has 0 aromatic heterocycles. The van der Waals surface area contributed by atoms with Crippen LogP contribution >= 0.6 is 0 Å². The number of hydrogen-bond donors (Lipinski definition) is 2. The molecule has 2 N–H and O–H groups in total. The highest BCUT2D eigenvalue weighted by molar-refractivity contribution is 7.79. The van der Waals surface area contributed by atoms with Crippen LogP contribution in [0.5, 0.6) is 0 Å². The van der Waals surface area contributed by atoms with Gasteiger partial charge in [0.15, 0.2) is 0 Å². The predicted octanol–water partition coefficient (Wildman–Crippen LogP) is 21.4. The molecule has 0 spiro atoms. The molecule has 0 heterocycles. The maximum atomic E-state index is 8.74. The first-order valence-electron chi connectivity index (χ1n) is 29.5. The maximum Gasteiger partial charge on any atom is 0.394 e. The van der Waals surface area contributed by atoms with Crippen molar-refractivity contribution in [3.05, 3.63) is 47.0 Å². The molecule has 2 aromatic carbocycles. The molecular weight excluding hydrogens is 829 g/mol. The molecule has 0 unspecified atom stereocenters. The zero-order valence-electron chi connectivity index (χ0n) is 44.4. The van der Waals surface area contributed by atoms with Crippen LogP contribution in [0, 0.1) is 0 Å². The van der Waals surface area contributed by atoms with Crippen LogP contribution in [-0.4, -0.2) is 17.5 Å². The second-order valence-electron chi connectivity index (χ2n) is 20.8. The molecule has 0 aliphatic heterocycles. The van der Waals surface area contributed by atoms with Crippen molar-refractivity contribution in [2.24, 2.45) is 0 Å². The van der Waals surface area contributed by atoms with Crippen molar-refractivity contribution in [2.45, 2.75) is 329 Å². The number of unbranched alkanes of at least 4 members (excludes halogenated alkanes) is 42. The number of fused-ring (bicyclic) bond motifs is 1. The van der Waals surface area contributed by atoms with E-state index < -0.39 is 10.4 Å². The fourth-order valence-electron chi connectivity index (χ4n) is 10.4. The SMILES string of the molecule is CCCCCCCCCCCCCCCCCc1cc2ccccc2c(CCCCCCCCCCCCCCCCC)c1CCCCCCCCCCCCCCCCC.O=S(=O)(O)O. The van der Waals surface area contributed by atoms with Gasteiger partial charge in [-0.1, -0.05) is 321 Å². The van der Waals surface area contributed by atoms with E-state index in [4.69, 9.17) is 17.5 Å². The van der Waals surface area contributed by atoms with Gasteiger partial charge in [-0.15, -0.1) is 0 Å². The summed E-state index contributed by atoms with van der Waals surface area (Å²) >= 11 is 0. The summed E-state index contributed by atoms with van der Waals surface area (Å²) in [5, 5.41) is 3.08. The van der Waals surface area contributed by atoms with Crippen molar-refractivity contribution >= 4 is 21.2 Å². The smallest absolute Gasteiger partial charge is 0.264 e. The van der Waals surface area contributed by atoms with Gasteiger partial charge in [0.2, 0.25) is 0 Å². The Balaban J connectivity index is 0.00000411. The Morgan fingerprint density at radius 3 is 0.833 bits per heavy atom.